The second kappa shape index (κ2) is 9.44. The lowest BCUT2D eigenvalue weighted by molar-refractivity contribution is 0.0968. The Bertz CT molecular complexity index is 1290. The van der Waals surface area contributed by atoms with Gasteiger partial charge in [-0.1, -0.05) is 25.0 Å². The summed E-state index contributed by atoms with van der Waals surface area (Å²) in [5.41, 5.74) is 3.76. The highest BCUT2D eigenvalue weighted by atomic mass is 16.5. The summed E-state index contributed by atoms with van der Waals surface area (Å²) in [6.07, 6.45) is 5.88. The average Bonchev–Trinajstić information content (AvgIpc) is 3.70. The molecule has 2 saturated carbocycles. The van der Waals surface area contributed by atoms with Crippen molar-refractivity contribution in [3.63, 3.8) is 0 Å². The number of fused-ring (bicyclic) bond motifs is 1. The van der Waals surface area contributed by atoms with Gasteiger partial charge in [0, 0.05) is 23.5 Å². The number of ketones is 1. The lowest BCUT2D eigenvalue weighted by atomic mass is 9.89. The number of ether oxygens (including phenoxy) is 1. The number of carbonyl (C=O) groups is 2. The quantitative estimate of drug-likeness (QED) is 0.347. The molecule has 2 unspecified atom stereocenters. The first kappa shape index (κ1) is 23.0. The van der Waals surface area contributed by atoms with Crippen molar-refractivity contribution in [3.8, 4) is 22.6 Å². The van der Waals surface area contributed by atoms with Crippen molar-refractivity contribution in [1.82, 2.24) is 10.3 Å². The van der Waals surface area contributed by atoms with Crippen LogP contribution >= 0.6 is 0 Å². The highest BCUT2D eigenvalue weighted by Crippen LogP contribution is 2.39. The third-order valence-electron chi connectivity index (χ3n) is 7.00. The molecule has 1 aromatic heterocycles. The van der Waals surface area contributed by atoms with Gasteiger partial charge in [-0.15, -0.1) is 0 Å². The van der Waals surface area contributed by atoms with Gasteiger partial charge in [-0.05, 0) is 61.1 Å². The van der Waals surface area contributed by atoms with Crippen LogP contribution in [0.2, 0.25) is 0 Å². The highest BCUT2D eigenvalue weighted by Gasteiger charge is 2.34. The number of hydrogen-bond donors (Lipinski definition) is 4. The predicted octanol–water partition coefficient (Wildman–Crippen LogP) is 5.20. The number of benzene rings is 2. The molecule has 3 aromatic rings. The Morgan fingerprint density at radius 1 is 1.00 bits per heavy atom. The fourth-order valence-corrected chi connectivity index (χ4v) is 4.96. The van der Waals surface area contributed by atoms with Crippen LogP contribution in [-0.2, 0) is 0 Å². The molecular formula is C27H29N3O5. The van der Waals surface area contributed by atoms with E-state index in [-0.39, 0.29) is 29.5 Å². The van der Waals surface area contributed by atoms with Gasteiger partial charge in [0.15, 0.2) is 17.3 Å². The molecule has 0 spiro atoms. The number of aromatic hydroxyl groups is 1. The van der Waals surface area contributed by atoms with E-state index in [2.05, 4.69) is 15.6 Å². The van der Waals surface area contributed by atoms with Crippen LogP contribution in [0.25, 0.3) is 22.0 Å². The van der Waals surface area contributed by atoms with Gasteiger partial charge in [-0.25, -0.2) is 4.79 Å². The third kappa shape index (κ3) is 4.73. The predicted molar refractivity (Wildman–Crippen MR) is 133 cm³/mol. The van der Waals surface area contributed by atoms with Crippen LogP contribution < -0.4 is 15.4 Å². The van der Waals surface area contributed by atoms with Crippen molar-refractivity contribution in [3.05, 3.63) is 48.2 Å². The van der Waals surface area contributed by atoms with Gasteiger partial charge in [0.2, 0.25) is 0 Å². The number of Topliss-reactive ketones (excluding diaryl/α,β-unsaturated/α-hetero) is 1. The van der Waals surface area contributed by atoms with Gasteiger partial charge >= 0.3 is 6.09 Å². The molecule has 2 aromatic carbocycles. The zero-order valence-corrected chi connectivity index (χ0v) is 19.6. The average molecular weight is 476 g/mol. The van der Waals surface area contributed by atoms with Gasteiger partial charge < -0.3 is 25.6 Å². The van der Waals surface area contributed by atoms with Gasteiger partial charge in [-0.2, -0.15) is 0 Å². The molecule has 0 aliphatic heterocycles. The van der Waals surface area contributed by atoms with Crippen molar-refractivity contribution in [1.29, 1.82) is 0 Å². The summed E-state index contributed by atoms with van der Waals surface area (Å²) < 4.78 is 5.27. The largest absolute Gasteiger partial charge is 0.504 e. The molecule has 0 radical (unpaired) electrons. The van der Waals surface area contributed by atoms with Gasteiger partial charge in [-0.3, -0.25) is 9.78 Å². The normalized spacial score (nSPS) is 19.8. The number of rotatable bonds is 7. The van der Waals surface area contributed by atoms with E-state index in [1.807, 2.05) is 24.3 Å². The summed E-state index contributed by atoms with van der Waals surface area (Å²) in [6.45, 7) is 0. The van der Waals surface area contributed by atoms with Crippen molar-refractivity contribution in [2.24, 2.45) is 5.92 Å². The number of hydrogen-bond acceptors (Lipinski definition) is 6. The first-order chi connectivity index (χ1) is 16.9. The van der Waals surface area contributed by atoms with Crippen LogP contribution in [0.15, 0.2) is 42.6 Å². The van der Waals surface area contributed by atoms with Gasteiger partial charge in [0.05, 0.1) is 29.9 Å². The van der Waals surface area contributed by atoms with Crippen molar-refractivity contribution in [2.75, 3.05) is 12.4 Å². The SMILES string of the molecule is COc1cc(-c2ccc3ncc(C(=O)C4CC4)c(NC4CCCCC4NC(=O)O)c3c2)ccc1O. The maximum absolute atomic E-state index is 13.2. The van der Waals surface area contributed by atoms with Crippen LogP contribution in [0, 0.1) is 5.92 Å². The summed E-state index contributed by atoms with van der Waals surface area (Å²) >= 11 is 0. The number of phenols is 1. The number of nitrogens with one attached hydrogen (secondary N) is 2. The summed E-state index contributed by atoms with van der Waals surface area (Å²) in [7, 11) is 1.51. The summed E-state index contributed by atoms with van der Waals surface area (Å²) in [6, 6.07) is 10.6. The number of carboxylic acid groups (broad SMARTS) is 1. The summed E-state index contributed by atoms with van der Waals surface area (Å²) in [5, 5.41) is 26.4. The monoisotopic (exact) mass is 475 g/mol. The molecule has 1 amide bonds. The Kier molecular flexibility index (Phi) is 6.19. The number of anilines is 1. The second-order valence-corrected chi connectivity index (χ2v) is 9.40. The number of pyridine rings is 1. The van der Waals surface area contributed by atoms with E-state index in [1.165, 1.54) is 7.11 Å². The van der Waals surface area contributed by atoms with Crippen LogP contribution in [0.5, 0.6) is 11.5 Å². The molecule has 2 aliphatic rings. The molecule has 0 saturated heterocycles. The van der Waals surface area contributed by atoms with Gasteiger partial charge in [0.25, 0.3) is 0 Å². The highest BCUT2D eigenvalue weighted by molar-refractivity contribution is 6.10. The van der Waals surface area contributed by atoms with Crippen LogP contribution in [-0.4, -0.2) is 46.3 Å². The summed E-state index contributed by atoms with van der Waals surface area (Å²) in [5.74, 6) is 0.546. The summed E-state index contributed by atoms with van der Waals surface area (Å²) in [4.78, 5) is 29.2. The standard InChI is InChI=1S/C27H29N3O5/c1-35-24-13-17(9-11-23(24)31)16-8-10-20-18(12-16)25(19(14-28-20)26(32)15-6-7-15)29-21-4-2-3-5-22(21)30-27(33)34/h8-15,21-22,30-31H,2-7H2,1H3,(H,28,29)(H,33,34). The van der Waals surface area contributed by atoms with Crippen LogP contribution in [0.1, 0.15) is 48.9 Å². The minimum absolute atomic E-state index is 0.0265. The van der Waals surface area contributed by atoms with E-state index >= 15 is 0 Å². The lowest BCUT2D eigenvalue weighted by Gasteiger charge is -2.33. The molecule has 2 fully saturated rings. The number of methoxy groups -OCH3 is 1. The maximum Gasteiger partial charge on any atom is 0.404 e. The fourth-order valence-electron chi connectivity index (χ4n) is 4.96. The van der Waals surface area contributed by atoms with Crippen molar-refractivity contribution in [2.45, 2.75) is 50.6 Å². The number of amides is 1. The first-order valence-electron chi connectivity index (χ1n) is 12.0. The molecule has 2 aliphatic carbocycles. The van der Waals surface area contributed by atoms with Crippen molar-refractivity contribution < 1.29 is 24.5 Å². The van der Waals surface area contributed by atoms with Crippen LogP contribution in [0.4, 0.5) is 10.5 Å². The molecule has 182 valence electrons. The Labute approximate surface area is 203 Å². The second-order valence-electron chi connectivity index (χ2n) is 9.40. The van der Waals surface area contributed by atoms with E-state index in [9.17, 15) is 19.8 Å². The minimum Gasteiger partial charge on any atom is -0.504 e. The fraction of sp³-hybridized carbons (Fsp3) is 0.370. The molecule has 1 heterocycles. The van der Waals surface area contributed by atoms with Crippen LogP contribution in [0.3, 0.4) is 0 Å². The number of aromatic nitrogens is 1. The van der Waals surface area contributed by atoms with E-state index in [0.29, 0.717) is 17.0 Å². The number of phenolic OH excluding ortho intramolecular Hbond substituents is 1. The van der Waals surface area contributed by atoms with Crippen molar-refractivity contribution >= 4 is 28.5 Å². The molecule has 35 heavy (non-hydrogen) atoms. The van der Waals surface area contributed by atoms with Gasteiger partial charge in [0.1, 0.15) is 0 Å². The zero-order chi connectivity index (χ0) is 24.5. The molecule has 5 rings (SSSR count). The molecule has 8 nitrogen and oxygen atoms in total. The Balaban J connectivity index is 1.61. The lowest BCUT2D eigenvalue weighted by Crippen LogP contribution is -2.48. The molecule has 4 N–H and O–H groups in total. The molecule has 0 bridgehead atoms. The molecular weight excluding hydrogens is 446 g/mol. The topological polar surface area (TPSA) is 121 Å². The number of nitrogens with zero attached hydrogens (tertiary/aromatic N) is 1. The Morgan fingerprint density at radius 2 is 1.71 bits per heavy atom. The van der Waals surface area contributed by atoms with E-state index < -0.39 is 6.09 Å². The van der Waals surface area contributed by atoms with E-state index in [1.54, 1.807) is 18.3 Å². The van der Waals surface area contributed by atoms with E-state index in [0.717, 1.165) is 60.6 Å². The smallest absolute Gasteiger partial charge is 0.404 e. The minimum atomic E-state index is -1.04. The third-order valence-corrected chi connectivity index (χ3v) is 7.00. The first-order valence-corrected chi connectivity index (χ1v) is 12.0. The Morgan fingerprint density at radius 3 is 2.43 bits per heavy atom. The zero-order valence-electron chi connectivity index (χ0n) is 19.6. The number of carbonyl (C=O) groups excluding carboxylic acids is 1. The maximum atomic E-state index is 13.2. The van der Waals surface area contributed by atoms with E-state index in [4.69, 9.17) is 4.74 Å². The Hall–Kier alpha value is -3.81. The molecule has 8 heteroatoms. The molecule has 2 atom stereocenters.